The Bertz CT molecular complexity index is 324. The largest absolute Gasteiger partial charge is 0.494 e. The van der Waals surface area contributed by atoms with Crippen molar-refractivity contribution in [2.24, 2.45) is 5.73 Å². The number of methoxy groups -OCH3 is 1. The highest BCUT2D eigenvalue weighted by Crippen LogP contribution is 2.26. The molecule has 0 aliphatic heterocycles. The van der Waals surface area contributed by atoms with Gasteiger partial charge < -0.3 is 16.2 Å². The zero-order valence-electron chi connectivity index (χ0n) is 7.41. The van der Waals surface area contributed by atoms with Crippen LogP contribution in [0.4, 0.5) is 5.69 Å². The van der Waals surface area contributed by atoms with Gasteiger partial charge in [0, 0.05) is 17.7 Å². The molecule has 0 unspecified atom stereocenters. The van der Waals surface area contributed by atoms with Crippen molar-refractivity contribution >= 4 is 12.0 Å². The standard InChI is InChI=1S/C9H12N2O2/c1-13-9-7(4-10)2-6(5-12)3-8(9)11/h2-3,5H,4,10-11H2,1H3. The first-order valence-electron chi connectivity index (χ1n) is 3.84. The fourth-order valence-corrected chi connectivity index (χ4v) is 1.21. The minimum atomic E-state index is 0.301. The van der Waals surface area contributed by atoms with Gasteiger partial charge in [0.05, 0.1) is 12.8 Å². The number of rotatable bonds is 3. The molecule has 4 N–H and O–H groups in total. The van der Waals surface area contributed by atoms with Crippen LogP contribution in [0.25, 0.3) is 0 Å². The van der Waals surface area contributed by atoms with E-state index in [2.05, 4.69) is 0 Å². The van der Waals surface area contributed by atoms with Crippen molar-refractivity contribution in [2.45, 2.75) is 6.54 Å². The third-order valence-electron chi connectivity index (χ3n) is 1.78. The van der Waals surface area contributed by atoms with E-state index >= 15 is 0 Å². The number of carbonyl (C=O) groups excluding carboxylic acids is 1. The van der Waals surface area contributed by atoms with E-state index in [4.69, 9.17) is 16.2 Å². The number of aldehydes is 1. The zero-order chi connectivity index (χ0) is 9.84. The Morgan fingerprint density at radius 3 is 2.69 bits per heavy atom. The van der Waals surface area contributed by atoms with E-state index in [0.29, 0.717) is 23.5 Å². The second-order valence-electron chi connectivity index (χ2n) is 2.62. The lowest BCUT2D eigenvalue weighted by molar-refractivity contribution is 0.112. The van der Waals surface area contributed by atoms with Crippen LogP contribution < -0.4 is 16.2 Å². The Labute approximate surface area is 76.5 Å². The van der Waals surface area contributed by atoms with Crippen molar-refractivity contribution in [3.63, 3.8) is 0 Å². The molecule has 0 aliphatic carbocycles. The van der Waals surface area contributed by atoms with E-state index in [1.165, 1.54) is 7.11 Å². The highest BCUT2D eigenvalue weighted by molar-refractivity contribution is 5.79. The molecule has 0 aliphatic rings. The molecule has 0 saturated heterocycles. The normalized spacial score (nSPS) is 9.69. The molecule has 1 aromatic rings. The molecule has 0 saturated carbocycles. The number of nitrogen functional groups attached to an aromatic ring is 1. The van der Waals surface area contributed by atoms with Crippen LogP contribution in [0.1, 0.15) is 15.9 Å². The minimum Gasteiger partial charge on any atom is -0.494 e. The summed E-state index contributed by atoms with van der Waals surface area (Å²) >= 11 is 0. The Morgan fingerprint density at radius 1 is 1.54 bits per heavy atom. The quantitative estimate of drug-likeness (QED) is 0.526. The van der Waals surface area contributed by atoms with E-state index < -0.39 is 0 Å². The van der Waals surface area contributed by atoms with E-state index in [-0.39, 0.29) is 0 Å². The highest BCUT2D eigenvalue weighted by atomic mass is 16.5. The lowest BCUT2D eigenvalue weighted by Gasteiger charge is -2.09. The van der Waals surface area contributed by atoms with Gasteiger partial charge in [-0.2, -0.15) is 0 Å². The summed E-state index contributed by atoms with van der Waals surface area (Å²) in [4.78, 5) is 10.5. The lowest BCUT2D eigenvalue weighted by Crippen LogP contribution is -2.04. The number of hydrogen-bond donors (Lipinski definition) is 2. The smallest absolute Gasteiger partial charge is 0.150 e. The van der Waals surface area contributed by atoms with Crippen LogP contribution in [0.3, 0.4) is 0 Å². The molecule has 0 amide bonds. The summed E-state index contributed by atoms with van der Waals surface area (Å²) in [5.41, 5.74) is 12.8. The van der Waals surface area contributed by atoms with Crippen LogP contribution in [-0.2, 0) is 6.54 Å². The fraction of sp³-hybridized carbons (Fsp3) is 0.222. The second kappa shape index (κ2) is 3.91. The van der Waals surface area contributed by atoms with Crippen LogP contribution in [0.15, 0.2) is 12.1 Å². The Morgan fingerprint density at radius 2 is 2.23 bits per heavy atom. The molecule has 0 aromatic heterocycles. The molecule has 4 nitrogen and oxygen atoms in total. The maximum atomic E-state index is 10.5. The fourth-order valence-electron chi connectivity index (χ4n) is 1.21. The van der Waals surface area contributed by atoms with Crippen molar-refractivity contribution in [3.05, 3.63) is 23.3 Å². The van der Waals surface area contributed by atoms with Gasteiger partial charge in [0.1, 0.15) is 12.0 Å². The number of benzene rings is 1. The molecule has 1 rings (SSSR count). The van der Waals surface area contributed by atoms with Crippen molar-refractivity contribution in [1.29, 1.82) is 0 Å². The molecular formula is C9H12N2O2. The number of hydrogen-bond acceptors (Lipinski definition) is 4. The number of carbonyl (C=O) groups is 1. The SMILES string of the molecule is COc1c(N)cc(C=O)cc1CN. The van der Waals surface area contributed by atoms with Gasteiger partial charge in [0.15, 0.2) is 0 Å². The Kier molecular flexibility index (Phi) is 2.87. The minimum absolute atomic E-state index is 0.301. The number of anilines is 1. The van der Waals surface area contributed by atoms with Gasteiger partial charge in [-0.05, 0) is 12.1 Å². The number of nitrogens with two attached hydrogens (primary N) is 2. The molecule has 0 spiro atoms. The monoisotopic (exact) mass is 180 g/mol. The average Bonchev–Trinajstić information content (AvgIpc) is 2.16. The third kappa shape index (κ3) is 1.78. The van der Waals surface area contributed by atoms with E-state index in [1.807, 2.05) is 0 Å². The maximum absolute atomic E-state index is 10.5. The van der Waals surface area contributed by atoms with E-state index in [0.717, 1.165) is 11.8 Å². The molecule has 0 radical (unpaired) electrons. The number of ether oxygens (including phenoxy) is 1. The highest BCUT2D eigenvalue weighted by Gasteiger charge is 2.07. The summed E-state index contributed by atoms with van der Waals surface area (Å²) < 4.78 is 5.05. The molecule has 0 bridgehead atoms. The predicted molar refractivity (Wildman–Crippen MR) is 50.7 cm³/mol. The van der Waals surface area contributed by atoms with Gasteiger partial charge in [-0.25, -0.2) is 0 Å². The van der Waals surface area contributed by atoms with Crippen molar-refractivity contribution < 1.29 is 9.53 Å². The summed E-state index contributed by atoms with van der Waals surface area (Å²) in [5, 5.41) is 0. The zero-order valence-corrected chi connectivity index (χ0v) is 7.41. The molecule has 70 valence electrons. The summed E-state index contributed by atoms with van der Waals surface area (Å²) in [6.45, 7) is 0.301. The average molecular weight is 180 g/mol. The van der Waals surface area contributed by atoms with Gasteiger partial charge in [0.2, 0.25) is 0 Å². The summed E-state index contributed by atoms with van der Waals surface area (Å²) in [7, 11) is 1.52. The first kappa shape index (κ1) is 9.54. The van der Waals surface area contributed by atoms with Gasteiger partial charge in [0.25, 0.3) is 0 Å². The molecule has 0 atom stereocenters. The van der Waals surface area contributed by atoms with Crippen LogP contribution in [-0.4, -0.2) is 13.4 Å². The Hall–Kier alpha value is -1.55. The molecule has 0 heterocycles. The maximum Gasteiger partial charge on any atom is 0.150 e. The summed E-state index contributed by atoms with van der Waals surface area (Å²) in [6.07, 6.45) is 0.731. The summed E-state index contributed by atoms with van der Waals surface area (Å²) in [5.74, 6) is 0.549. The molecular weight excluding hydrogens is 168 g/mol. The van der Waals surface area contributed by atoms with E-state index in [9.17, 15) is 4.79 Å². The van der Waals surface area contributed by atoms with Crippen LogP contribution >= 0.6 is 0 Å². The summed E-state index contributed by atoms with van der Waals surface area (Å²) in [6, 6.07) is 3.23. The first-order valence-corrected chi connectivity index (χ1v) is 3.84. The van der Waals surface area contributed by atoms with Gasteiger partial charge in [-0.1, -0.05) is 0 Å². The Balaban J connectivity index is 3.28. The van der Waals surface area contributed by atoms with Crippen molar-refractivity contribution in [2.75, 3.05) is 12.8 Å². The first-order chi connectivity index (χ1) is 6.22. The molecule has 1 aromatic carbocycles. The van der Waals surface area contributed by atoms with Gasteiger partial charge in [-0.15, -0.1) is 0 Å². The van der Waals surface area contributed by atoms with Crippen LogP contribution in [0.5, 0.6) is 5.75 Å². The predicted octanol–water partition coefficient (Wildman–Crippen LogP) is 0.549. The van der Waals surface area contributed by atoms with Crippen LogP contribution in [0.2, 0.25) is 0 Å². The van der Waals surface area contributed by atoms with Crippen molar-refractivity contribution in [1.82, 2.24) is 0 Å². The molecule has 4 heteroatoms. The van der Waals surface area contributed by atoms with Gasteiger partial charge >= 0.3 is 0 Å². The molecule has 13 heavy (non-hydrogen) atoms. The van der Waals surface area contributed by atoms with Crippen LogP contribution in [0, 0.1) is 0 Å². The second-order valence-corrected chi connectivity index (χ2v) is 2.62. The lowest BCUT2D eigenvalue weighted by atomic mass is 10.1. The van der Waals surface area contributed by atoms with Gasteiger partial charge in [-0.3, -0.25) is 4.79 Å². The molecule has 0 fully saturated rings. The third-order valence-corrected chi connectivity index (χ3v) is 1.78. The van der Waals surface area contributed by atoms with E-state index in [1.54, 1.807) is 12.1 Å². The topological polar surface area (TPSA) is 78.3 Å². The van der Waals surface area contributed by atoms with Crippen molar-refractivity contribution in [3.8, 4) is 5.75 Å².